The molecule has 148 valence electrons. The van der Waals surface area contributed by atoms with E-state index in [1.807, 2.05) is 25.1 Å². The molecule has 0 spiro atoms. The topological polar surface area (TPSA) is 80.9 Å². The van der Waals surface area contributed by atoms with E-state index < -0.39 is 0 Å². The molecule has 0 aliphatic carbocycles. The van der Waals surface area contributed by atoms with Gasteiger partial charge in [0.1, 0.15) is 13.2 Å². The zero-order valence-corrected chi connectivity index (χ0v) is 16.9. The summed E-state index contributed by atoms with van der Waals surface area (Å²) in [7, 11) is 1.51. The molecule has 8 heteroatoms. The Labute approximate surface area is 169 Å². The predicted molar refractivity (Wildman–Crippen MR) is 111 cm³/mol. The molecule has 0 atom stereocenters. The fraction of sp³-hybridized carbons (Fsp3) is 0.300. The van der Waals surface area contributed by atoms with Crippen LogP contribution in [0.15, 0.2) is 30.3 Å². The highest BCUT2D eigenvalue weighted by Gasteiger charge is 2.21. The summed E-state index contributed by atoms with van der Waals surface area (Å²) in [5.41, 5.74) is 8.85. The molecular weight excluding hydrogens is 378 g/mol. The van der Waals surface area contributed by atoms with Crippen molar-refractivity contribution >= 4 is 28.9 Å². The minimum atomic E-state index is -0.375. The van der Waals surface area contributed by atoms with E-state index in [9.17, 15) is 4.79 Å². The van der Waals surface area contributed by atoms with Gasteiger partial charge in [-0.3, -0.25) is 15.6 Å². The number of para-hydroxylation sites is 1. The Morgan fingerprint density at radius 2 is 2.00 bits per heavy atom. The Balaban J connectivity index is 1.67. The number of carbonyl (C=O) groups excluding carboxylic acids is 1. The van der Waals surface area contributed by atoms with Crippen molar-refractivity contribution in [2.45, 2.75) is 20.3 Å². The molecule has 2 aromatic rings. The lowest BCUT2D eigenvalue weighted by Crippen LogP contribution is -2.44. The van der Waals surface area contributed by atoms with E-state index in [4.69, 9.17) is 26.4 Å². The van der Waals surface area contributed by atoms with Gasteiger partial charge in [0.25, 0.3) is 5.91 Å². The lowest BCUT2D eigenvalue weighted by molar-refractivity contribution is 0.0942. The number of benzene rings is 2. The number of nitrogens with one attached hydrogen (secondary N) is 3. The van der Waals surface area contributed by atoms with E-state index in [0.29, 0.717) is 41.1 Å². The third-order valence-corrected chi connectivity index (χ3v) is 4.56. The smallest absolute Gasteiger partial charge is 0.269 e. The van der Waals surface area contributed by atoms with Crippen LogP contribution in [0.1, 0.15) is 28.4 Å². The number of hydrogen-bond donors (Lipinski definition) is 3. The van der Waals surface area contributed by atoms with E-state index in [2.05, 4.69) is 23.1 Å². The minimum absolute atomic E-state index is 0.293. The average molecular weight is 401 g/mol. The Morgan fingerprint density at radius 3 is 2.75 bits per heavy atom. The first kappa shape index (κ1) is 19.8. The molecule has 0 bridgehead atoms. The quantitative estimate of drug-likeness (QED) is 0.537. The number of methoxy groups -OCH3 is 1. The van der Waals surface area contributed by atoms with Crippen molar-refractivity contribution in [2.75, 3.05) is 25.6 Å². The molecule has 0 aromatic heterocycles. The van der Waals surface area contributed by atoms with Crippen LogP contribution in [0.5, 0.6) is 17.2 Å². The molecule has 0 fully saturated rings. The number of fused-ring (bicyclic) bond motifs is 1. The van der Waals surface area contributed by atoms with Crippen molar-refractivity contribution in [3.05, 3.63) is 47.0 Å². The molecule has 7 nitrogen and oxygen atoms in total. The van der Waals surface area contributed by atoms with Gasteiger partial charge in [-0.2, -0.15) is 0 Å². The fourth-order valence-corrected chi connectivity index (χ4v) is 3.09. The molecule has 3 rings (SSSR count). The van der Waals surface area contributed by atoms with E-state index in [1.54, 1.807) is 12.1 Å². The number of hydrogen-bond acceptors (Lipinski definition) is 5. The number of amides is 1. The zero-order chi connectivity index (χ0) is 20.1. The summed E-state index contributed by atoms with van der Waals surface area (Å²) < 4.78 is 16.4. The summed E-state index contributed by atoms with van der Waals surface area (Å²) in [5, 5.41) is 3.44. The SMILES string of the molecule is CCc1cccc(C)c1NC(=S)NNC(=O)c1cc(OC)c2c(c1)OCCO2. The van der Waals surface area contributed by atoms with Gasteiger partial charge in [0.15, 0.2) is 16.6 Å². The maximum absolute atomic E-state index is 12.5. The zero-order valence-electron chi connectivity index (χ0n) is 16.0. The first-order chi connectivity index (χ1) is 13.5. The van der Waals surface area contributed by atoms with Crippen molar-refractivity contribution in [1.29, 1.82) is 0 Å². The summed E-state index contributed by atoms with van der Waals surface area (Å²) in [5.74, 6) is 1.04. The van der Waals surface area contributed by atoms with Crippen LogP contribution in [-0.2, 0) is 6.42 Å². The highest BCUT2D eigenvalue weighted by Crippen LogP contribution is 2.40. The lowest BCUT2D eigenvalue weighted by Gasteiger charge is -2.21. The molecule has 0 saturated heterocycles. The highest BCUT2D eigenvalue weighted by atomic mass is 32.1. The molecule has 0 unspecified atom stereocenters. The van der Waals surface area contributed by atoms with E-state index >= 15 is 0 Å². The van der Waals surface area contributed by atoms with Crippen LogP contribution >= 0.6 is 12.2 Å². The second-order valence-electron chi connectivity index (χ2n) is 6.20. The van der Waals surface area contributed by atoms with Crippen LogP contribution in [0.4, 0.5) is 5.69 Å². The third-order valence-electron chi connectivity index (χ3n) is 4.36. The summed E-state index contributed by atoms with van der Waals surface area (Å²) in [6.45, 7) is 4.94. The number of thiocarbonyl (C=S) groups is 1. The number of ether oxygens (including phenoxy) is 3. The molecule has 28 heavy (non-hydrogen) atoms. The van der Waals surface area contributed by atoms with Gasteiger partial charge in [0.2, 0.25) is 5.75 Å². The van der Waals surface area contributed by atoms with Gasteiger partial charge < -0.3 is 19.5 Å². The second kappa shape index (κ2) is 8.79. The van der Waals surface area contributed by atoms with Crippen LogP contribution in [0.25, 0.3) is 0 Å². The third kappa shape index (κ3) is 4.28. The van der Waals surface area contributed by atoms with Crippen LogP contribution in [0.3, 0.4) is 0 Å². The van der Waals surface area contributed by atoms with Gasteiger partial charge in [-0.05, 0) is 48.8 Å². The van der Waals surface area contributed by atoms with Crippen molar-refractivity contribution in [3.63, 3.8) is 0 Å². The van der Waals surface area contributed by atoms with E-state index in [-0.39, 0.29) is 5.91 Å². The van der Waals surface area contributed by atoms with Gasteiger partial charge in [-0.15, -0.1) is 0 Å². The van der Waals surface area contributed by atoms with Gasteiger partial charge in [-0.1, -0.05) is 25.1 Å². The Bertz CT molecular complexity index is 884. The number of anilines is 1. The van der Waals surface area contributed by atoms with Crippen molar-refractivity contribution in [2.24, 2.45) is 0 Å². The number of carbonyl (C=O) groups is 1. The molecule has 0 saturated carbocycles. The number of rotatable bonds is 4. The summed E-state index contributed by atoms with van der Waals surface area (Å²) in [6, 6.07) is 9.26. The van der Waals surface area contributed by atoms with Gasteiger partial charge in [0.05, 0.1) is 7.11 Å². The normalized spacial score (nSPS) is 12.1. The highest BCUT2D eigenvalue weighted by molar-refractivity contribution is 7.80. The van der Waals surface area contributed by atoms with Crippen LogP contribution < -0.4 is 30.4 Å². The molecule has 2 aromatic carbocycles. The number of aryl methyl sites for hydroxylation is 2. The van der Waals surface area contributed by atoms with Crippen LogP contribution in [0, 0.1) is 6.92 Å². The van der Waals surface area contributed by atoms with Gasteiger partial charge >= 0.3 is 0 Å². The molecule has 0 radical (unpaired) electrons. The monoisotopic (exact) mass is 401 g/mol. The molecule has 3 N–H and O–H groups in total. The van der Waals surface area contributed by atoms with Gasteiger partial charge in [0, 0.05) is 11.3 Å². The molecule has 1 amide bonds. The molecule has 1 aliphatic heterocycles. The minimum Gasteiger partial charge on any atom is -0.493 e. The molecule has 1 heterocycles. The van der Waals surface area contributed by atoms with Crippen molar-refractivity contribution < 1.29 is 19.0 Å². The summed E-state index contributed by atoms with van der Waals surface area (Å²) in [4.78, 5) is 12.5. The first-order valence-electron chi connectivity index (χ1n) is 8.97. The van der Waals surface area contributed by atoms with Crippen molar-refractivity contribution in [1.82, 2.24) is 10.9 Å². The van der Waals surface area contributed by atoms with Crippen LogP contribution in [-0.4, -0.2) is 31.3 Å². The number of hydrazine groups is 1. The lowest BCUT2D eigenvalue weighted by atomic mass is 10.1. The maximum Gasteiger partial charge on any atom is 0.269 e. The van der Waals surface area contributed by atoms with E-state index in [0.717, 1.165) is 23.2 Å². The maximum atomic E-state index is 12.5. The predicted octanol–water partition coefficient (Wildman–Crippen LogP) is 2.97. The largest absolute Gasteiger partial charge is 0.493 e. The Morgan fingerprint density at radius 1 is 1.21 bits per heavy atom. The van der Waals surface area contributed by atoms with Gasteiger partial charge in [-0.25, -0.2) is 0 Å². The van der Waals surface area contributed by atoms with E-state index in [1.165, 1.54) is 7.11 Å². The van der Waals surface area contributed by atoms with Crippen LogP contribution in [0.2, 0.25) is 0 Å². The Hall–Kier alpha value is -3.00. The fourth-order valence-electron chi connectivity index (χ4n) is 2.94. The molecule has 1 aliphatic rings. The summed E-state index contributed by atoms with van der Waals surface area (Å²) in [6.07, 6.45) is 0.871. The summed E-state index contributed by atoms with van der Waals surface area (Å²) >= 11 is 5.31. The standard InChI is InChI=1S/C20H23N3O4S/c1-4-13-7-5-6-12(2)17(13)21-20(28)23-22-19(24)14-10-15(25-3)18-16(11-14)26-8-9-27-18/h5-7,10-11H,4,8-9H2,1-3H3,(H,22,24)(H2,21,23,28). The average Bonchev–Trinajstić information content (AvgIpc) is 2.72. The Kier molecular flexibility index (Phi) is 6.20. The molecular formula is C20H23N3O4S. The first-order valence-corrected chi connectivity index (χ1v) is 9.37. The van der Waals surface area contributed by atoms with Crippen molar-refractivity contribution in [3.8, 4) is 17.2 Å². The second-order valence-corrected chi connectivity index (χ2v) is 6.61.